The summed E-state index contributed by atoms with van der Waals surface area (Å²) in [6.45, 7) is 9.60. The molecule has 2 aromatic rings. The number of anilines is 1. The summed E-state index contributed by atoms with van der Waals surface area (Å²) >= 11 is 1.70. The number of halogens is 1. The number of hydrogen-bond donors (Lipinski definition) is 1. The van der Waals surface area contributed by atoms with Gasteiger partial charge in [-0.3, -0.25) is 4.79 Å². The van der Waals surface area contributed by atoms with Gasteiger partial charge in [0.2, 0.25) is 5.51 Å². The molecule has 7 nitrogen and oxygen atoms in total. The minimum atomic E-state index is -0.178. The van der Waals surface area contributed by atoms with Crippen LogP contribution in [0, 0.1) is 13.8 Å². The molecular weight excluding hydrogens is 652 g/mol. The van der Waals surface area contributed by atoms with E-state index in [1.165, 1.54) is 126 Å². The monoisotopic (exact) mass is 720 g/mol. The molecule has 0 unspecified atom stereocenters. The Balaban J connectivity index is 0.0000120. The van der Waals surface area contributed by atoms with Gasteiger partial charge in [0.05, 0.1) is 17.0 Å². The van der Waals surface area contributed by atoms with Crippen molar-refractivity contribution < 1.29 is 31.2 Å². The molecular formula is C40H69ClN4O3S. The van der Waals surface area contributed by atoms with E-state index in [0.29, 0.717) is 37.2 Å². The third kappa shape index (κ3) is 21.6. The molecule has 0 amide bonds. The van der Waals surface area contributed by atoms with Gasteiger partial charge in [-0.25, -0.2) is 9.97 Å². The second-order valence-corrected chi connectivity index (χ2v) is 14.5. The molecule has 49 heavy (non-hydrogen) atoms. The molecule has 0 aliphatic rings. The number of esters is 1. The van der Waals surface area contributed by atoms with Crippen LogP contribution >= 0.6 is 11.3 Å². The van der Waals surface area contributed by atoms with Crippen molar-refractivity contribution in [3.8, 4) is 0 Å². The number of aryl methyl sites for hydroxylation is 1. The number of thiazole rings is 1. The van der Waals surface area contributed by atoms with Crippen LogP contribution < -0.4 is 22.7 Å². The molecule has 0 saturated heterocycles. The topological polar surface area (TPSA) is 91.2 Å². The molecule has 0 bridgehead atoms. The summed E-state index contributed by atoms with van der Waals surface area (Å²) in [4.78, 5) is 22.6. The van der Waals surface area contributed by atoms with E-state index in [-0.39, 0.29) is 18.4 Å². The lowest BCUT2D eigenvalue weighted by molar-refractivity contribution is -0.689. The lowest BCUT2D eigenvalue weighted by Crippen LogP contribution is -3.00. The number of nitrogen functional groups attached to an aromatic ring is 1. The zero-order valence-electron chi connectivity index (χ0n) is 31.5. The third-order valence-electron chi connectivity index (χ3n) is 9.16. The highest BCUT2D eigenvalue weighted by atomic mass is 35.5. The molecule has 2 heterocycles. The summed E-state index contributed by atoms with van der Waals surface area (Å²) in [7, 11) is 0. The highest BCUT2D eigenvalue weighted by molar-refractivity contribution is 7.09. The predicted molar refractivity (Wildman–Crippen MR) is 201 cm³/mol. The molecule has 0 spiro atoms. The van der Waals surface area contributed by atoms with Crippen molar-refractivity contribution in [1.82, 2.24) is 9.97 Å². The minimum absolute atomic E-state index is 0. The van der Waals surface area contributed by atoms with Crippen LogP contribution in [0.15, 0.2) is 23.7 Å². The smallest absolute Gasteiger partial charge is 0.313 e. The van der Waals surface area contributed by atoms with E-state index in [1.807, 2.05) is 13.0 Å². The normalized spacial score (nSPS) is 11.5. The number of nitrogens with zero attached hydrogens (tertiary/aromatic N) is 3. The standard InChI is InChI=1S/C40H69N4O3S.ClH/c1-5-7-9-11-13-15-17-19-21-23-25-27-38(45)47-39(28-26-24-22-20-18-16-14-12-10-8-6-2)46-30-29-37-34(3)44(33-48-37)32-36-31-42-35(4)43-40(36)41;/h28,31,33H,5-27,29-30,32H2,1-4H3,(H2,41,42,43);1H/q+1;/p-1. The van der Waals surface area contributed by atoms with E-state index in [9.17, 15) is 4.79 Å². The first-order valence-electron chi connectivity index (χ1n) is 19.5. The number of hydrogen-bond acceptors (Lipinski definition) is 7. The number of allylic oxidation sites excluding steroid dienone is 1. The molecule has 280 valence electrons. The molecule has 0 fully saturated rings. The second-order valence-electron chi connectivity index (χ2n) is 13.5. The van der Waals surface area contributed by atoms with E-state index in [4.69, 9.17) is 15.2 Å². The minimum Gasteiger partial charge on any atom is -1.00 e. The number of rotatable bonds is 30. The van der Waals surface area contributed by atoms with Gasteiger partial charge in [0.25, 0.3) is 5.95 Å². The maximum Gasteiger partial charge on any atom is 0.313 e. The van der Waals surface area contributed by atoms with Crippen LogP contribution in [0.25, 0.3) is 0 Å². The van der Waals surface area contributed by atoms with Crippen LogP contribution in [0.2, 0.25) is 0 Å². The highest BCUT2D eigenvalue weighted by Gasteiger charge is 2.18. The lowest BCUT2D eigenvalue weighted by Gasteiger charge is -2.11. The molecule has 2 rings (SSSR count). The number of carbonyl (C=O) groups is 1. The van der Waals surface area contributed by atoms with Crippen LogP contribution in [0.1, 0.15) is 183 Å². The van der Waals surface area contributed by atoms with Crippen molar-refractivity contribution in [1.29, 1.82) is 0 Å². The molecule has 0 aliphatic heterocycles. The summed E-state index contributed by atoms with van der Waals surface area (Å²) in [6.07, 6.45) is 32.8. The average Bonchev–Trinajstić information content (AvgIpc) is 3.41. The molecule has 2 aromatic heterocycles. The van der Waals surface area contributed by atoms with Crippen LogP contribution in [-0.4, -0.2) is 22.5 Å². The summed E-state index contributed by atoms with van der Waals surface area (Å²) < 4.78 is 14.1. The molecule has 2 N–H and O–H groups in total. The van der Waals surface area contributed by atoms with E-state index >= 15 is 0 Å². The zero-order chi connectivity index (χ0) is 34.7. The maximum absolute atomic E-state index is 12.8. The maximum atomic E-state index is 12.8. The third-order valence-corrected chi connectivity index (χ3v) is 10.3. The van der Waals surface area contributed by atoms with Gasteiger partial charge in [0.1, 0.15) is 11.6 Å². The van der Waals surface area contributed by atoms with Gasteiger partial charge in [0.15, 0.2) is 12.2 Å². The van der Waals surface area contributed by atoms with Crippen LogP contribution in [0.5, 0.6) is 0 Å². The predicted octanol–water partition coefficient (Wildman–Crippen LogP) is 8.03. The molecule has 0 radical (unpaired) electrons. The molecule has 0 aromatic carbocycles. The van der Waals surface area contributed by atoms with E-state index in [0.717, 1.165) is 37.7 Å². The Morgan fingerprint density at radius 3 is 1.90 bits per heavy atom. The van der Waals surface area contributed by atoms with E-state index in [1.54, 1.807) is 17.5 Å². The number of ether oxygens (including phenoxy) is 2. The van der Waals surface area contributed by atoms with Gasteiger partial charge < -0.3 is 27.6 Å². The van der Waals surface area contributed by atoms with Crippen LogP contribution in [0.4, 0.5) is 5.82 Å². The Morgan fingerprint density at radius 2 is 1.35 bits per heavy atom. The van der Waals surface area contributed by atoms with Gasteiger partial charge in [0, 0.05) is 26.0 Å². The van der Waals surface area contributed by atoms with E-state index in [2.05, 4.69) is 40.8 Å². The lowest BCUT2D eigenvalue weighted by atomic mass is 10.1. The van der Waals surface area contributed by atoms with Crippen molar-refractivity contribution >= 4 is 23.1 Å². The Morgan fingerprint density at radius 1 is 0.816 bits per heavy atom. The van der Waals surface area contributed by atoms with Crippen molar-refractivity contribution in [2.45, 2.75) is 188 Å². The first-order chi connectivity index (χ1) is 23.4. The fourth-order valence-corrected chi connectivity index (χ4v) is 6.96. The van der Waals surface area contributed by atoms with E-state index < -0.39 is 0 Å². The fraction of sp³-hybridized carbons (Fsp3) is 0.750. The van der Waals surface area contributed by atoms with Crippen LogP contribution in [0.3, 0.4) is 0 Å². The van der Waals surface area contributed by atoms with Gasteiger partial charge in [-0.1, -0.05) is 147 Å². The van der Waals surface area contributed by atoms with Gasteiger partial charge in [-0.15, -0.1) is 0 Å². The van der Waals surface area contributed by atoms with Crippen molar-refractivity contribution in [3.05, 3.63) is 45.7 Å². The highest BCUT2D eigenvalue weighted by Crippen LogP contribution is 2.18. The Labute approximate surface area is 309 Å². The number of carbonyl (C=O) groups excluding carboxylic acids is 1. The zero-order valence-corrected chi connectivity index (χ0v) is 33.1. The van der Waals surface area contributed by atoms with Gasteiger partial charge in [-0.05, 0) is 32.3 Å². The Bertz CT molecular complexity index is 1160. The molecule has 0 atom stereocenters. The van der Waals surface area contributed by atoms with Crippen LogP contribution in [-0.2, 0) is 27.2 Å². The number of unbranched alkanes of at least 4 members (excludes halogenated alkanes) is 20. The Kier molecular flexibility index (Phi) is 27.0. The fourth-order valence-electron chi connectivity index (χ4n) is 5.99. The first-order valence-corrected chi connectivity index (χ1v) is 20.4. The number of aromatic nitrogens is 3. The summed E-state index contributed by atoms with van der Waals surface area (Å²) in [5.74, 6) is 1.41. The van der Waals surface area contributed by atoms with Crippen molar-refractivity contribution in [2.75, 3.05) is 12.3 Å². The molecule has 0 saturated carbocycles. The Hall–Kier alpha value is -2.19. The average molecular weight is 722 g/mol. The molecule has 9 heteroatoms. The molecule has 0 aliphatic carbocycles. The van der Waals surface area contributed by atoms with Crippen molar-refractivity contribution in [2.24, 2.45) is 0 Å². The SMILES string of the molecule is CCCCCCCCCCCCC=C(OCCc1sc[n+](Cc2cnc(C)nc2N)c1C)OC(=O)CCCCCCCCCCCCC.[Cl-]. The second kappa shape index (κ2) is 29.5. The van der Waals surface area contributed by atoms with Gasteiger partial charge in [-0.2, -0.15) is 4.57 Å². The summed E-state index contributed by atoms with van der Waals surface area (Å²) in [5, 5.41) is 0. The number of nitrogens with two attached hydrogens (primary N) is 1. The summed E-state index contributed by atoms with van der Waals surface area (Å²) in [6, 6.07) is 0. The largest absolute Gasteiger partial charge is 1.00 e. The van der Waals surface area contributed by atoms with Crippen molar-refractivity contribution in [3.63, 3.8) is 0 Å². The van der Waals surface area contributed by atoms with Gasteiger partial charge >= 0.3 is 5.97 Å². The quantitative estimate of drug-likeness (QED) is 0.0380. The summed E-state index contributed by atoms with van der Waals surface area (Å²) in [5.41, 5.74) is 10.3. The first kappa shape index (κ1) is 44.8.